The Morgan fingerprint density at radius 3 is 3.00 bits per heavy atom. The first-order valence-corrected chi connectivity index (χ1v) is 6.70. The summed E-state index contributed by atoms with van der Waals surface area (Å²) in [5.74, 6) is -0.315. The molecule has 0 atom stereocenters. The molecular formula is C13H18BrNO3. The summed E-state index contributed by atoms with van der Waals surface area (Å²) in [7, 11) is 0. The van der Waals surface area contributed by atoms with Gasteiger partial charge in [-0.15, -0.1) is 0 Å². The highest BCUT2D eigenvalue weighted by Crippen LogP contribution is 2.10. The van der Waals surface area contributed by atoms with E-state index in [0.717, 1.165) is 11.0 Å². The van der Waals surface area contributed by atoms with Crippen LogP contribution in [0.4, 0.5) is 0 Å². The lowest BCUT2D eigenvalue weighted by Gasteiger charge is -2.06. The van der Waals surface area contributed by atoms with Crippen molar-refractivity contribution < 1.29 is 14.3 Å². The van der Waals surface area contributed by atoms with E-state index in [4.69, 9.17) is 9.47 Å². The van der Waals surface area contributed by atoms with Gasteiger partial charge in [-0.25, -0.2) is 4.79 Å². The van der Waals surface area contributed by atoms with Gasteiger partial charge in [-0.1, -0.05) is 28.1 Å². The summed E-state index contributed by atoms with van der Waals surface area (Å²) in [4.78, 5) is 11.0. The lowest BCUT2D eigenvalue weighted by atomic mass is 10.2. The molecule has 4 nitrogen and oxygen atoms in total. The van der Waals surface area contributed by atoms with Gasteiger partial charge in [-0.05, 0) is 24.6 Å². The summed E-state index contributed by atoms with van der Waals surface area (Å²) in [6.45, 7) is 4.16. The molecule has 1 aromatic carbocycles. The predicted molar refractivity (Wildman–Crippen MR) is 73.3 cm³/mol. The average Bonchev–Trinajstić information content (AvgIpc) is 2.34. The Morgan fingerprint density at radius 2 is 2.28 bits per heavy atom. The molecule has 5 heteroatoms. The van der Waals surface area contributed by atoms with Crippen molar-refractivity contribution in [3.05, 3.63) is 34.3 Å². The van der Waals surface area contributed by atoms with Crippen LogP contribution in [0, 0.1) is 0 Å². The van der Waals surface area contributed by atoms with Crippen molar-refractivity contribution in [2.24, 2.45) is 0 Å². The van der Waals surface area contributed by atoms with Crippen LogP contribution in [0.1, 0.15) is 12.5 Å². The molecule has 0 fully saturated rings. The van der Waals surface area contributed by atoms with Crippen molar-refractivity contribution in [2.45, 2.75) is 13.5 Å². The van der Waals surface area contributed by atoms with Crippen molar-refractivity contribution in [3.63, 3.8) is 0 Å². The van der Waals surface area contributed by atoms with E-state index >= 15 is 0 Å². The smallest absolute Gasteiger partial charge is 0.332 e. The van der Waals surface area contributed by atoms with E-state index in [1.807, 2.05) is 12.1 Å². The number of esters is 1. The van der Waals surface area contributed by atoms with E-state index in [0.29, 0.717) is 19.8 Å². The second-order valence-corrected chi connectivity index (χ2v) is 4.58. The number of halogens is 1. The summed E-state index contributed by atoms with van der Waals surface area (Å²) in [5, 5.41) is 3.24. The molecule has 0 amide bonds. The van der Waals surface area contributed by atoms with E-state index in [1.54, 1.807) is 6.92 Å². The Labute approximate surface area is 116 Å². The zero-order valence-electron chi connectivity index (χ0n) is 10.4. The topological polar surface area (TPSA) is 47.6 Å². The molecule has 1 rings (SSSR count). The molecule has 100 valence electrons. The first-order chi connectivity index (χ1) is 8.72. The molecule has 0 bridgehead atoms. The lowest BCUT2D eigenvalue weighted by molar-refractivity contribution is -0.148. The summed E-state index contributed by atoms with van der Waals surface area (Å²) >= 11 is 3.42. The van der Waals surface area contributed by atoms with E-state index in [-0.39, 0.29) is 12.6 Å². The van der Waals surface area contributed by atoms with Gasteiger partial charge in [0.05, 0.1) is 13.2 Å². The Bertz CT molecular complexity index is 371. The molecule has 0 aliphatic carbocycles. The van der Waals surface area contributed by atoms with Gasteiger partial charge < -0.3 is 14.8 Å². The molecule has 1 N–H and O–H groups in total. The third-order valence-electron chi connectivity index (χ3n) is 2.17. The van der Waals surface area contributed by atoms with E-state index in [2.05, 4.69) is 33.4 Å². The largest absolute Gasteiger partial charge is 0.464 e. The zero-order chi connectivity index (χ0) is 13.2. The number of benzene rings is 1. The number of carbonyl (C=O) groups excluding carboxylic acids is 1. The SMILES string of the molecule is CCOC(=O)COCCNCc1cccc(Br)c1. The highest BCUT2D eigenvalue weighted by Gasteiger charge is 2.00. The van der Waals surface area contributed by atoms with E-state index in [9.17, 15) is 4.79 Å². The van der Waals surface area contributed by atoms with Crippen LogP contribution in [-0.2, 0) is 20.8 Å². The molecular weight excluding hydrogens is 298 g/mol. The number of carbonyl (C=O) groups is 1. The number of hydrogen-bond acceptors (Lipinski definition) is 4. The van der Waals surface area contributed by atoms with Gasteiger partial charge >= 0.3 is 5.97 Å². The molecule has 0 aromatic heterocycles. The van der Waals surface area contributed by atoms with Crippen molar-refractivity contribution in [1.82, 2.24) is 5.32 Å². The van der Waals surface area contributed by atoms with Crippen LogP contribution in [-0.4, -0.2) is 32.3 Å². The normalized spacial score (nSPS) is 10.3. The molecule has 1 aromatic rings. The highest BCUT2D eigenvalue weighted by atomic mass is 79.9. The van der Waals surface area contributed by atoms with Gasteiger partial charge in [-0.3, -0.25) is 0 Å². The lowest BCUT2D eigenvalue weighted by Crippen LogP contribution is -2.21. The average molecular weight is 316 g/mol. The summed E-state index contributed by atoms with van der Waals surface area (Å²) in [6.07, 6.45) is 0. The number of rotatable bonds is 8. The zero-order valence-corrected chi connectivity index (χ0v) is 12.0. The van der Waals surface area contributed by atoms with Crippen LogP contribution >= 0.6 is 15.9 Å². The second-order valence-electron chi connectivity index (χ2n) is 3.66. The molecule has 0 aliphatic heterocycles. The van der Waals surface area contributed by atoms with Crippen molar-refractivity contribution in [2.75, 3.05) is 26.4 Å². The maximum Gasteiger partial charge on any atom is 0.332 e. The number of nitrogens with one attached hydrogen (secondary N) is 1. The van der Waals surface area contributed by atoms with Gasteiger partial charge in [0.15, 0.2) is 0 Å². The van der Waals surface area contributed by atoms with Gasteiger partial charge in [0.1, 0.15) is 6.61 Å². The first kappa shape index (κ1) is 15.1. The molecule has 0 spiro atoms. The second kappa shape index (κ2) is 9.08. The predicted octanol–water partition coefficient (Wildman–Crippen LogP) is 2.12. The summed E-state index contributed by atoms with van der Waals surface area (Å²) in [6, 6.07) is 8.11. The Balaban J connectivity index is 2.04. The number of ether oxygens (including phenoxy) is 2. The molecule has 0 radical (unpaired) electrons. The summed E-state index contributed by atoms with van der Waals surface area (Å²) in [5.41, 5.74) is 1.20. The monoisotopic (exact) mass is 315 g/mol. The Kier molecular flexibility index (Phi) is 7.64. The molecule has 0 heterocycles. The third-order valence-corrected chi connectivity index (χ3v) is 2.66. The van der Waals surface area contributed by atoms with Crippen LogP contribution in [0.5, 0.6) is 0 Å². The van der Waals surface area contributed by atoms with Crippen molar-refractivity contribution >= 4 is 21.9 Å². The standard InChI is InChI=1S/C13H18BrNO3/c1-2-18-13(16)10-17-7-6-15-9-11-4-3-5-12(14)8-11/h3-5,8,15H,2,6-7,9-10H2,1H3. The molecule has 18 heavy (non-hydrogen) atoms. The molecule has 0 unspecified atom stereocenters. The molecule has 0 aliphatic rings. The highest BCUT2D eigenvalue weighted by molar-refractivity contribution is 9.10. The van der Waals surface area contributed by atoms with Crippen LogP contribution in [0.3, 0.4) is 0 Å². The fourth-order valence-corrected chi connectivity index (χ4v) is 1.83. The molecule has 0 saturated heterocycles. The fourth-order valence-electron chi connectivity index (χ4n) is 1.38. The quantitative estimate of drug-likeness (QED) is 0.589. The van der Waals surface area contributed by atoms with Crippen LogP contribution in [0.15, 0.2) is 28.7 Å². The number of hydrogen-bond donors (Lipinski definition) is 1. The van der Waals surface area contributed by atoms with Gasteiger partial charge in [-0.2, -0.15) is 0 Å². The Morgan fingerprint density at radius 1 is 1.44 bits per heavy atom. The minimum Gasteiger partial charge on any atom is -0.464 e. The van der Waals surface area contributed by atoms with Crippen LogP contribution < -0.4 is 5.32 Å². The minimum absolute atomic E-state index is 0.0202. The molecule has 0 saturated carbocycles. The van der Waals surface area contributed by atoms with E-state index in [1.165, 1.54) is 5.56 Å². The van der Waals surface area contributed by atoms with Gasteiger partial charge in [0, 0.05) is 17.6 Å². The van der Waals surface area contributed by atoms with E-state index < -0.39 is 0 Å². The maximum atomic E-state index is 11.0. The maximum absolute atomic E-state index is 11.0. The van der Waals surface area contributed by atoms with Crippen molar-refractivity contribution in [1.29, 1.82) is 0 Å². The van der Waals surface area contributed by atoms with Crippen molar-refractivity contribution in [3.8, 4) is 0 Å². The van der Waals surface area contributed by atoms with Crippen LogP contribution in [0.2, 0.25) is 0 Å². The fraction of sp³-hybridized carbons (Fsp3) is 0.462. The summed E-state index contributed by atoms with van der Waals surface area (Å²) < 4.78 is 11.0. The van der Waals surface area contributed by atoms with Gasteiger partial charge in [0.2, 0.25) is 0 Å². The Hall–Kier alpha value is -0.910. The minimum atomic E-state index is -0.315. The third kappa shape index (κ3) is 6.74. The first-order valence-electron chi connectivity index (χ1n) is 5.91. The van der Waals surface area contributed by atoms with Gasteiger partial charge in [0.25, 0.3) is 0 Å². The van der Waals surface area contributed by atoms with Crippen LogP contribution in [0.25, 0.3) is 0 Å².